The van der Waals surface area contributed by atoms with Crippen molar-refractivity contribution < 1.29 is 14.3 Å². The number of amides is 1. The number of carbonyl (C=O) groups excluding carboxylic acids is 2. The highest BCUT2D eigenvalue weighted by atomic mass is 16.6. The lowest BCUT2D eigenvalue weighted by molar-refractivity contribution is -0.105. The normalized spacial score (nSPS) is 14.9. The van der Waals surface area contributed by atoms with Gasteiger partial charge in [0.25, 0.3) is 0 Å². The van der Waals surface area contributed by atoms with Crippen molar-refractivity contribution in [1.29, 1.82) is 0 Å². The van der Waals surface area contributed by atoms with Gasteiger partial charge in [0, 0.05) is 11.3 Å². The van der Waals surface area contributed by atoms with Crippen LogP contribution >= 0.6 is 0 Å². The van der Waals surface area contributed by atoms with Gasteiger partial charge in [-0.25, -0.2) is 4.79 Å². The minimum absolute atomic E-state index is 0.445. The number of aromatic nitrogens is 2. The fourth-order valence-corrected chi connectivity index (χ4v) is 2.27. The molecule has 0 bridgehead atoms. The van der Waals surface area contributed by atoms with Crippen LogP contribution in [0.25, 0.3) is 5.57 Å². The van der Waals surface area contributed by atoms with E-state index in [1.165, 1.54) is 0 Å². The van der Waals surface area contributed by atoms with Crippen LogP contribution in [0.3, 0.4) is 0 Å². The Hall–Kier alpha value is -2.37. The summed E-state index contributed by atoms with van der Waals surface area (Å²) in [6.45, 7) is 7.30. The van der Waals surface area contributed by atoms with Gasteiger partial charge in [-0.2, -0.15) is 5.10 Å². The van der Waals surface area contributed by atoms with Crippen LogP contribution in [0.5, 0.6) is 0 Å². The number of nitrogens with one attached hydrogen (secondary N) is 2. The molecule has 0 saturated heterocycles. The van der Waals surface area contributed by atoms with E-state index in [2.05, 4.69) is 15.5 Å². The first-order valence-corrected chi connectivity index (χ1v) is 7.20. The van der Waals surface area contributed by atoms with E-state index in [0.29, 0.717) is 12.2 Å². The van der Waals surface area contributed by atoms with Gasteiger partial charge >= 0.3 is 6.09 Å². The number of carbonyl (C=O) groups is 2. The second-order valence-electron chi connectivity index (χ2n) is 6.25. The van der Waals surface area contributed by atoms with Crippen LogP contribution in [0.2, 0.25) is 0 Å². The lowest BCUT2D eigenvalue weighted by atomic mass is 9.93. The second-order valence-corrected chi connectivity index (χ2v) is 6.25. The summed E-state index contributed by atoms with van der Waals surface area (Å²) in [5, 5.41) is 9.68. The lowest BCUT2D eigenvalue weighted by Gasteiger charge is -2.19. The first kappa shape index (κ1) is 16.0. The largest absolute Gasteiger partial charge is 0.444 e. The Bertz CT molecular complexity index is 648. The fourth-order valence-electron chi connectivity index (χ4n) is 2.27. The van der Waals surface area contributed by atoms with Gasteiger partial charge in [-0.05, 0) is 51.7 Å². The van der Waals surface area contributed by atoms with Crippen molar-refractivity contribution in [1.82, 2.24) is 10.2 Å². The Labute approximate surface area is 129 Å². The monoisotopic (exact) mass is 303 g/mol. The SMILES string of the molecule is Cc1[nH]nc(NC(=O)OC(C)(C)C)c1C1=CC=C(C=O)CC1. The minimum Gasteiger partial charge on any atom is -0.444 e. The molecule has 0 unspecified atom stereocenters. The Kier molecular flexibility index (Phi) is 4.49. The average molecular weight is 303 g/mol. The summed E-state index contributed by atoms with van der Waals surface area (Å²) in [4.78, 5) is 22.7. The van der Waals surface area contributed by atoms with E-state index in [0.717, 1.165) is 35.1 Å². The van der Waals surface area contributed by atoms with E-state index < -0.39 is 11.7 Å². The number of aromatic amines is 1. The van der Waals surface area contributed by atoms with Crippen LogP contribution < -0.4 is 5.32 Å². The molecule has 0 spiro atoms. The number of allylic oxidation sites excluding steroid dienone is 4. The molecule has 0 saturated carbocycles. The average Bonchev–Trinajstić information content (AvgIpc) is 2.77. The molecule has 0 atom stereocenters. The highest BCUT2D eigenvalue weighted by Crippen LogP contribution is 2.32. The molecule has 0 radical (unpaired) electrons. The topological polar surface area (TPSA) is 84.1 Å². The van der Waals surface area contributed by atoms with Crippen LogP contribution in [0, 0.1) is 6.92 Å². The quantitative estimate of drug-likeness (QED) is 0.838. The van der Waals surface area contributed by atoms with E-state index in [1.54, 1.807) is 26.8 Å². The van der Waals surface area contributed by atoms with Gasteiger partial charge in [-0.1, -0.05) is 12.2 Å². The molecule has 0 aromatic carbocycles. The van der Waals surface area contributed by atoms with Gasteiger partial charge in [0.2, 0.25) is 0 Å². The van der Waals surface area contributed by atoms with E-state index in [4.69, 9.17) is 4.74 Å². The Morgan fingerprint density at radius 1 is 1.36 bits per heavy atom. The first-order valence-electron chi connectivity index (χ1n) is 7.20. The summed E-state index contributed by atoms with van der Waals surface area (Å²) in [6, 6.07) is 0. The zero-order chi connectivity index (χ0) is 16.3. The number of hydrogen-bond acceptors (Lipinski definition) is 4. The number of anilines is 1. The van der Waals surface area contributed by atoms with Gasteiger partial charge in [0.15, 0.2) is 5.82 Å². The van der Waals surface area contributed by atoms with Crippen LogP contribution in [-0.4, -0.2) is 28.2 Å². The number of rotatable bonds is 3. The predicted molar refractivity (Wildman–Crippen MR) is 84.5 cm³/mol. The molecule has 1 heterocycles. The molecule has 0 fully saturated rings. The molecule has 1 aliphatic carbocycles. The van der Waals surface area contributed by atoms with Gasteiger partial charge in [0.1, 0.15) is 11.9 Å². The molecule has 2 N–H and O–H groups in total. The zero-order valence-electron chi connectivity index (χ0n) is 13.3. The Morgan fingerprint density at radius 2 is 2.09 bits per heavy atom. The third kappa shape index (κ3) is 3.84. The molecule has 1 aromatic heterocycles. The highest BCUT2D eigenvalue weighted by Gasteiger charge is 2.21. The maximum atomic E-state index is 11.9. The molecule has 0 aliphatic heterocycles. The number of aldehydes is 1. The summed E-state index contributed by atoms with van der Waals surface area (Å²) in [6.07, 6.45) is 5.44. The van der Waals surface area contributed by atoms with Crippen molar-refractivity contribution in [3.05, 3.63) is 29.0 Å². The van der Waals surface area contributed by atoms with Crippen molar-refractivity contribution in [2.24, 2.45) is 0 Å². The number of H-pyrrole nitrogens is 1. The summed E-state index contributed by atoms with van der Waals surface area (Å²) in [5.41, 5.74) is 2.95. The fraction of sp³-hybridized carbons (Fsp3) is 0.438. The van der Waals surface area contributed by atoms with Gasteiger partial charge in [-0.15, -0.1) is 0 Å². The van der Waals surface area contributed by atoms with Crippen LogP contribution in [-0.2, 0) is 9.53 Å². The summed E-state index contributed by atoms with van der Waals surface area (Å²) in [7, 11) is 0. The number of ether oxygens (including phenoxy) is 1. The highest BCUT2D eigenvalue weighted by molar-refractivity contribution is 5.90. The van der Waals surface area contributed by atoms with Crippen molar-refractivity contribution in [2.75, 3.05) is 5.32 Å². The van der Waals surface area contributed by atoms with Gasteiger partial charge < -0.3 is 4.74 Å². The maximum absolute atomic E-state index is 11.9. The number of hydrogen-bond donors (Lipinski definition) is 2. The second kappa shape index (κ2) is 6.17. The lowest BCUT2D eigenvalue weighted by Crippen LogP contribution is -2.27. The van der Waals surface area contributed by atoms with Crippen LogP contribution in [0.15, 0.2) is 17.7 Å². The summed E-state index contributed by atoms with van der Waals surface area (Å²) in [5.74, 6) is 0.445. The molecular formula is C16H21N3O3. The summed E-state index contributed by atoms with van der Waals surface area (Å²) >= 11 is 0. The van der Waals surface area contributed by atoms with Crippen LogP contribution in [0.1, 0.15) is 44.9 Å². The molecular weight excluding hydrogens is 282 g/mol. The van der Waals surface area contributed by atoms with E-state index in [-0.39, 0.29) is 0 Å². The molecule has 1 aliphatic rings. The molecule has 22 heavy (non-hydrogen) atoms. The Morgan fingerprint density at radius 3 is 2.64 bits per heavy atom. The number of nitrogens with zero attached hydrogens (tertiary/aromatic N) is 1. The standard InChI is InChI=1S/C16H21N3O3/c1-10-13(12-7-5-11(9-20)6-8-12)14(19-18-10)17-15(21)22-16(2,3)4/h5,7,9H,6,8H2,1-4H3,(H2,17,18,19,21). The van der Waals surface area contributed by atoms with Crippen molar-refractivity contribution >= 4 is 23.8 Å². The van der Waals surface area contributed by atoms with Gasteiger partial charge in [0.05, 0.1) is 0 Å². The third-order valence-electron chi connectivity index (χ3n) is 3.22. The predicted octanol–water partition coefficient (Wildman–Crippen LogP) is 3.37. The zero-order valence-corrected chi connectivity index (χ0v) is 13.3. The molecule has 1 amide bonds. The maximum Gasteiger partial charge on any atom is 0.413 e. The van der Waals surface area contributed by atoms with Crippen LogP contribution in [0.4, 0.5) is 10.6 Å². The molecule has 6 nitrogen and oxygen atoms in total. The smallest absolute Gasteiger partial charge is 0.413 e. The minimum atomic E-state index is -0.568. The Balaban J connectivity index is 2.22. The van der Waals surface area contributed by atoms with E-state index >= 15 is 0 Å². The first-order chi connectivity index (χ1) is 10.3. The third-order valence-corrected chi connectivity index (χ3v) is 3.22. The summed E-state index contributed by atoms with van der Waals surface area (Å²) < 4.78 is 5.25. The molecule has 6 heteroatoms. The van der Waals surface area contributed by atoms with E-state index in [9.17, 15) is 9.59 Å². The number of aryl methyl sites for hydroxylation is 1. The molecule has 2 rings (SSSR count). The van der Waals surface area contributed by atoms with E-state index in [1.807, 2.05) is 13.0 Å². The van der Waals surface area contributed by atoms with Gasteiger partial charge in [-0.3, -0.25) is 15.2 Å². The van der Waals surface area contributed by atoms with Crippen molar-refractivity contribution in [3.8, 4) is 0 Å². The molecule has 1 aromatic rings. The van der Waals surface area contributed by atoms with Crippen molar-refractivity contribution in [2.45, 2.75) is 46.1 Å². The molecule has 118 valence electrons. The van der Waals surface area contributed by atoms with Crippen molar-refractivity contribution in [3.63, 3.8) is 0 Å².